The van der Waals surface area contributed by atoms with Crippen LogP contribution >= 0.6 is 0 Å². The summed E-state index contributed by atoms with van der Waals surface area (Å²) in [5.41, 5.74) is 6.48. The second-order valence-electron chi connectivity index (χ2n) is 8.60. The van der Waals surface area contributed by atoms with E-state index in [1.54, 1.807) is 23.0 Å². The first-order valence-corrected chi connectivity index (χ1v) is 9.82. The molecule has 0 atom stereocenters. The van der Waals surface area contributed by atoms with E-state index in [1.807, 2.05) is 24.4 Å². The summed E-state index contributed by atoms with van der Waals surface area (Å²) in [6, 6.07) is 9.00. The smallest absolute Gasteiger partial charge is 0.269 e. The number of amides is 2. The van der Waals surface area contributed by atoms with Gasteiger partial charge in [-0.2, -0.15) is 5.10 Å². The van der Waals surface area contributed by atoms with Gasteiger partial charge in [0, 0.05) is 18.0 Å². The maximum Gasteiger partial charge on any atom is 0.269 e. The van der Waals surface area contributed by atoms with Gasteiger partial charge in [-0.1, -0.05) is 0 Å². The van der Waals surface area contributed by atoms with Gasteiger partial charge in [0.1, 0.15) is 0 Å². The van der Waals surface area contributed by atoms with Crippen molar-refractivity contribution in [1.29, 1.82) is 0 Å². The highest BCUT2D eigenvalue weighted by Gasteiger charge is 2.54. The Hall–Kier alpha value is -2.63. The molecule has 0 spiro atoms. The first kappa shape index (κ1) is 16.5. The number of hydrogen-bond donors (Lipinski definition) is 2. The Kier molecular flexibility index (Phi) is 3.81. The number of rotatable bonds is 3. The van der Waals surface area contributed by atoms with Crippen molar-refractivity contribution in [2.24, 2.45) is 23.2 Å². The molecule has 4 bridgehead atoms. The van der Waals surface area contributed by atoms with Gasteiger partial charge in [0.15, 0.2) is 0 Å². The molecule has 0 radical (unpaired) electrons. The summed E-state index contributed by atoms with van der Waals surface area (Å²) in [6.45, 7) is 0. The second-order valence-corrected chi connectivity index (χ2v) is 8.60. The van der Waals surface area contributed by atoms with Gasteiger partial charge in [-0.25, -0.2) is 4.68 Å². The molecule has 1 aromatic heterocycles. The fraction of sp³-hybridized carbons (Fsp3) is 0.476. The van der Waals surface area contributed by atoms with E-state index in [1.165, 1.54) is 19.3 Å². The summed E-state index contributed by atoms with van der Waals surface area (Å²) in [5, 5.41) is 4.17. The Bertz CT molecular complexity index is 822. The molecular formula is C21H24N4O2. The van der Waals surface area contributed by atoms with E-state index in [0.717, 1.165) is 24.9 Å². The van der Waals surface area contributed by atoms with Crippen LogP contribution in [0.1, 0.15) is 48.9 Å². The van der Waals surface area contributed by atoms with Crippen molar-refractivity contribution < 1.29 is 9.59 Å². The maximum atomic E-state index is 12.9. The average molecular weight is 364 g/mol. The van der Waals surface area contributed by atoms with Crippen LogP contribution in [0.4, 0.5) is 0 Å². The largest absolute Gasteiger partial charge is 0.273 e. The van der Waals surface area contributed by atoms with Crippen molar-refractivity contribution in [2.75, 3.05) is 0 Å². The van der Waals surface area contributed by atoms with E-state index >= 15 is 0 Å². The minimum atomic E-state index is -0.292. The molecule has 2 aromatic rings. The van der Waals surface area contributed by atoms with E-state index < -0.39 is 0 Å². The van der Waals surface area contributed by atoms with Gasteiger partial charge in [0.05, 0.1) is 11.1 Å². The molecule has 140 valence electrons. The lowest BCUT2D eigenvalue weighted by atomic mass is 9.49. The third kappa shape index (κ3) is 2.93. The summed E-state index contributed by atoms with van der Waals surface area (Å²) in [5.74, 6) is 1.82. The monoisotopic (exact) mass is 364 g/mol. The Morgan fingerprint density at radius 2 is 1.59 bits per heavy atom. The topological polar surface area (TPSA) is 76.0 Å². The van der Waals surface area contributed by atoms with Crippen LogP contribution in [0.2, 0.25) is 0 Å². The third-order valence-corrected chi connectivity index (χ3v) is 6.71. The van der Waals surface area contributed by atoms with Gasteiger partial charge in [-0.05, 0) is 86.6 Å². The van der Waals surface area contributed by atoms with Crippen LogP contribution in [0.5, 0.6) is 0 Å². The molecule has 27 heavy (non-hydrogen) atoms. The molecule has 6 rings (SSSR count). The van der Waals surface area contributed by atoms with Gasteiger partial charge in [0.2, 0.25) is 5.91 Å². The first-order valence-electron chi connectivity index (χ1n) is 9.82. The van der Waals surface area contributed by atoms with Crippen LogP contribution in [0.25, 0.3) is 5.69 Å². The minimum Gasteiger partial charge on any atom is -0.273 e. The predicted octanol–water partition coefficient (Wildman–Crippen LogP) is 2.85. The molecule has 4 fully saturated rings. The molecule has 1 aromatic carbocycles. The molecule has 4 saturated carbocycles. The molecular weight excluding hydrogens is 340 g/mol. The molecule has 1 heterocycles. The normalized spacial score (nSPS) is 30.9. The number of hydrazine groups is 1. The second kappa shape index (κ2) is 6.22. The van der Waals surface area contributed by atoms with Gasteiger partial charge >= 0.3 is 0 Å². The Morgan fingerprint density at radius 3 is 2.15 bits per heavy atom. The predicted molar refractivity (Wildman–Crippen MR) is 99.8 cm³/mol. The lowest BCUT2D eigenvalue weighted by molar-refractivity contribution is -0.147. The zero-order valence-corrected chi connectivity index (χ0v) is 15.2. The Morgan fingerprint density at radius 1 is 0.963 bits per heavy atom. The Balaban J connectivity index is 1.22. The van der Waals surface area contributed by atoms with Crippen molar-refractivity contribution >= 4 is 11.8 Å². The lowest BCUT2D eigenvalue weighted by Gasteiger charge is -2.55. The van der Waals surface area contributed by atoms with Crippen molar-refractivity contribution in [3.05, 3.63) is 48.3 Å². The van der Waals surface area contributed by atoms with Crippen LogP contribution < -0.4 is 10.9 Å². The summed E-state index contributed by atoms with van der Waals surface area (Å²) in [4.78, 5) is 25.3. The number of nitrogens with one attached hydrogen (secondary N) is 2. The van der Waals surface area contributed by atoms with Gasteiger partial charge in [-0.15, -0.1) is 0 Å². The van der Waals surface area contributed by atoms with E-state index in [9.17, 15) is 9.59 Å². The van der Waals surface area contributed by atoms with Crippen LogP contribution in [-0.4, -0.2) is 21.6 Å². The van der Waals surface area contributed by atoms with Crippen LogP contribution in [0, 0.1) is 23.2 Å². The van der Waals surface area contributed by atoms with Crippen molar-refractivity contribution in [3.8, 4) is 5.69 Å². The van der Waals surface area contributed by atoms with Crippen molar-refractivity contribution in [2.45, 2.75) is 38.5 Å². The molecule has 0 aliphatic heterocycles. The number of nitrogens with zero attached hydrogens (tertiary/aromatic N) is 2. The van der Waals surface area contributed by atoms with Crippen LogP contribution in [0.3, 0.4) is 0 Å². The summed E-state index contributed by atoms with van der Waals surface area (Å²) < 4.78 is 1.73. The van der Waals surface area contributed by atoms with E-state index in [-0.39, 0.29) is 17.2 Å². The van der Waals surface area contributed by atoms with Crippen LogP contribution in [-0.2, 0) is 4.79 Å². The average Bonchev–Trinajstić information content (AvgIpc) is 3.19. The zero-order chi connectivity index (χ0) is 18.4. The van der Waals surface area contributed by atoms with E-state index in [0.29, 0.717) is 23.3 Å². The molecule has 0 unspecified atom stereocenters. The van der Waals surface area contributed by atoms with E-state index in [2.05, 4.69) is 16.0 Å². The molecule has 6 heteroatoms. The van der Waals surface area contributed by atoms with Gasteiger partial charge < -0.3 is 0 Å². The maximum absolute atomic E-state index is 12.9. The standard InChI is InChI=1S/C21H24N4O2/c26-19(17-2-4-18(5-3-17)25-7-1-6-22-25)23-24-20(27)21-11-14-8-15(12-21)10-16(9-14)13-21/h1-7,14-16H,8-13H2,(H,23,26)(H,24,27). The molecule has 4 aliphatic rings. The Labute approximate surface area is 158 Å². The quantitative estimate of drug-likeness (QED) is 0.823. The summed E-state index contributed by atoms with van der Waals surface area (Å²) >= 11 is 0. The van der Waals surface area contributed by atoms with Crippen LogP contribution in [0.15, 0.2) is 42.7 Å². The minimum absolute atomic E-state index is 0.00288. The number of carbonyl (C=O) groups is 2. The number of carbonyl (C=O) groups excluding carboxylic acids is 2. The van der Waals surface area contributed by atoms with E-state index in [4.69, 9.17) is 0 Å². The fourth-order valence-corrected chi connectivity index (χ4v) is 5.89. The number of benzene rings is 1. The third-order valence-electron chi connectivity index (χ3n) is 6.71. The summed E-state index contributed by atoms with van der Waals surface area (Å²) in [6.07, 6.45) is 10.4. The van der Waals surface area contributed by atoms with Crippen molar-refractivity contribution in [1.82, 2.24) is 20.6 Å². The number of hydrogen-bond acceptors (Lipinski definition) is 3. The van der Waals surface area contributed by atoms with Crippen molar-refractivity contribution in [3.63, 3.8) is 0 Å². The molecule has 2 N–H and O–H groups in total. The zero-order valence-electron chi connectivity index (χ0n) is 15.2. The molecule has 2 amide bonds. The van der Waals surface area contributed by atoms with Gasteiger partial charge in [0.25, 0.3) is 5.91 Å². The summed E-state index contributed by atoms with van der Waals surface area (Å²) in [7, 11) is 0. The fourth-order valence-electron chi connectivity index (χ4n) is 5.89. The number of aromatic nitrogens is 2. The van der Waals surface area contributed by atoms with Gasteiger partial charge in [-0.3, -0.25) is 20.4 Å². The molecule has 6 nitrogen and oxygen atoms in total. The highest BCUT2D eigenvalue weighted by atomic mass is 16.2. The lowest BCUT2D eigenvalue weighted by Crippen LogP contribution is -2.56. The highest BCUT2D eigenvalue weighted by molar-refractivity contribution is 5.96. The molecule has 0 saturated heterocycles. The SMILES string of the molecule is O=C(NNC(=O)C12CC3CC(CC(C3)C1)C2)c1ccc(-n2cccn2)cc1. The highest BCUT2D eigenvalue weighted by Crippen LogP contribution is 2.60. The first-order chi connectivity index (χ1) is 13.1. The molecule has 4 aliphatic carbocycles.